The van der Waals surface area contributed by atoms with Gasteiger partial charge in [-0.05, 0) is 24.3 Å². The van der Waals surface area contributed by atoms with Crippen molar-refractivity contribution in [2.24, 2.45) is 0 Å². The Labute approximate surface area is 132 Å². The van der Waals surface area contributed by atoms with E-state index < -0.39 is 18.0 Å². The summed E-state index contributed by atoms with van der Waals surface area (Å²) in [6, 6.07) is 16.1. The van der Waals surface area contributed by atoms with Crippen LogP contribution in [0.1, 0.15) is 6.92 Å². The Morgan fingerprint density at radius 1 is 0.826 bits per heavy atom. The number of nitrogens with zero attached hydrogens (tertiary/aromatic N) is 1. The summed E-state index contributed by atoms with van der Waals surface area (Å²) in [7, 11) is 0. The molecule has 0 aliphatic rings. The monoisotopic (exact) mass is 313 g/mol. The molecule has 23 heavy (non-hydrogen) atoms. The highest BCUT2D eigenvalue weighted by molar-refractivity contribution is 6.00. The first-order valence-corrected chi connectivity index (χ1v) is 6.77. The molecule has 118 valence electrons. The van der Waals surface area contributed by atoms with E-state index in [0.29, 0.717) is 16.4 Å². The van der Waals surface area contributed by atoms with Gasteiger partial charge in [-0.1, -0.05) is 41.5 Å². The van der Waals surface area contributed by atoms with Crippen molar-refractivity contribution >= 4 is 29.4 Å². The molecule has 7 heteroatoms. The number of benzene rings is 2. The number of urea groups is 1. The van der Waals surface area contributed by atoms with E-state index in [2.05, 4.69) is 10.6 Å². The summed E-state index contributed by atoms with van der Waals surface area (Å²) in [6.07, 6.45) is -0.949. The summed E-state index contributed by atoms with van der Waals surface area (Å²) in [5.41, 5.74) is 0.945. The maximum absolute atomic E-state index is 12.0. The highest BCUT2D eigenvalue weighted by Crippen LogP contribution is 2.09. The number of anilines is 2. The van der Waals surface area contributed by atoms with E-state index >= 15 is 0 Å². The molecular formula is C16H15N3O4. The van der Waals surface area contributed by atoms with Crippen LogP contribution in [0.4, 0.5) is 21.0 Å². The zero-order chi connectivity index (χ0) is 16.7. The van der Waals surface area contributed by atoms with Gasteiger partial charge in [0.2, 0.25) is 0 Å². The molecule has 0 unspecified atom stereocenters. The minimum atomic E-state index is -0.949. The van der Waals surface area contributed by atoms with Gasteiger partial charge in [0.25, 0.3) is 5.91 Å². The molecule has 2 aromatic rings. The fraction of sp³-hybridized carbons (Fsp3) is 0.0625. The van der Waals surface area contributed by atoms with Crippen LogP contribution >= 0.6 is 0 Å². The highest BCUT2D eigenvalue weighted by atomic mass is 16.7. The standard InChI is InChI=1S/C16H15N3O4/c1-12(20)19(15(21)17-13-8-4-2-5-9-13)23-16(22)18-14-10-6-3-7-11-14/h2-11H,1H3,(H,17,21)(H,18,22). The molecule has 2 rings (SSSR count). The van der Waals surface area contributed by atoms with Gasteiger partial charge in [-0.2, -0.15) is 0 Å². The van der Waals surface area contributed by atoms with Crippen molar-refractivity contribution in [3.8, 4) is 0 Å². The molecule has 0 radical (unpaired) electrons. The minimum Gasteiger partial charge on any atom is -0.309 e. The van der Waals surface area contributed by atoms with Crippen molar-refractivity contribution in [1.29, 1.82) is 0 Å². The van der Waals surface area contributed by atoms with Crippen LogP contribution in [-0.2, 0) is 9.63 Å². The first kappa shape index (κ1) is 16.0. The van der Waals surface area contributed by atoms with Crippen LogP contribution in [-0.4, -0.2) is 23.1 Å². The number of para-hydroxylation sites is 2. The number of nitrogens with one attached hydrogen (secondary N) is 2. The van der Waals surface area contributed by atoms with E-state index in [0.717, 1.165) is 6.92 Å². The Balaban J connectivity index is 1.99. The number of amides is 4. The lowest BCUT2D eigenvalue weighted by atomic mass is 10.3. The third-order valence-electron chi connectivity index (χ3n) is 2.69. The van der Waals surface area contributed by atoms with Crippen LogP contribution in [0.2, 0.25) is 0 Å². The first-order chi connectivity index (χ1) is 11.1. The lowest BCUT2D eigenvalue weighted by molar-refractivity contribution is -0.148. The molecule has 0 aliphatic heterocycles. The molecule has 2 N–H and O–H groups in total. The second-order valence-corrected chi connectivity index (χ2v) is 4.48. The van der Waals surface area contributed by atoms with Crippen molar-refractivity contribution in [2.45, 2.75) is 6.92 Å². The van der Waals surface area contributed by atoms with Crippen LogP contribution in [0.5, 0.6) is 0 Å². The highest BCUT2D eigenvalue weighted by Gasteiger charge is 2.23. The Morgan fingerprint density at radius 2 is 1.30 bits per heavy atom. The summed E-state index contributed by atoms with van der Waals surface area (Å²) in [4.78, 5) is 40.1. The van der Waals surface area contributed by atoms with Gasteiger partial charge >= 0.3 is 12.1 Å². The summed E-state index contributed by atoms with van der Waals surface area (Å²) in [5, 5.41) is 5.22. The van der Waals surface area contributed by atoms with Gasteiger partial charge in [0, 0.05) is 18.3 Å². The lowest BCUT2D eigenvalue weighted by Gasteiger charge is -2.18. The quantitative estimate of drug-likeness (QED) is 0.833. The van der Waals surface area contributed by atoms with E-state index in [4.69, 9.17) is 4.84 Å². The number of rotatable bonds is 2. The molecule has 0 fully saturated rings. The van der Waals surface area contributed by atoms with E-state index in [1.807, 2.05) is 0 Å². The largest absolute Gasteiger partial charge is 0.436 e. The van der Waals surface area contributed by atoms with Gasteiger partial charge in [-0.15, -0.1) is 0 Å². The fourth-order valence-corrected chi connectivity index (χ4v) is 1.69. The summed E-state index contributed by atoms with van der Waals surface area (Å²) < 4.78 is 0. The van der Waals surface area contributed by atoms with E-state index in [1.165, 1.54) is 0 Å². The van der Waals surface area contributed by atoms with Crippen molar-refractivity contribution in [3.63, 3.8) is 0 Å². The first-order valence-electron chi connectivity index (χ1n) is 6.77. The van der Waals surface area contributed by atoms with Gasteiger partial charge in [-0.25, -0.2) is 9.59 Å². The second-order valence-electron chi connectivity index (χ2n) is 4.48. The zero-order valence-corrected chi connectivity index (χ0v) is 12.4. The number of hydrogen-bond donors (Lipinski definition) is 2. The number of carbonyl (C=O) groups is 3. The summed E-state index contributed by atoms with van der Waals surface area (Å²) in [6.45, 7) is 1.11. The van der Waals surface area contributed by atoms with Gasteiger partial charge < -0.3 is 10.2 Å². The van der Waals surface area contributed by atoms with E-state index in [-0.39, 0.29) is 0 Å². The van der Waals surface area contributed by atoms with Crippen molar-refractivity contribution in [1.82, 2.24) is 5.06 Å². The van der Waals surface area contributed by atoms with Crippen molar-refractivity contribution in [2.75, 3.05) is 10.6 Å². The van der Waals surface area contributed by atoms with Crippen molar-refractivity contribution < 1.29 is 19.2 Å². The lowest BCUT2D eigenvalue weighted by Crippen LogP contribution is -2.41. The maximum Gasteiger partial charge on any atom is 0.436 e. The Kier molecular flexibility index (Phi) is 5.30. The predicted molar refractivity (Wildman–Crippen MR) is 84.5 cm³/mol. The smallest absolute Gasteiger partial charge is 0.309 e. The molecule has 0 bridgehead atoms. The average Bonchev–Trinajstić information content (AvgIpc) is 2.54. The molecule has 0 aliphatic carbocycles. The van der Waals surface area contributed by atoms with Gasteiger partial charge in [0.1, 0.15) is 0 Å². The molecule has 0 aromatic heterocycles. The molecule has 4 amide bonds. The van der Waals surface area contributed by atoms with Crippen LogP contribution in [0.25, 0.3) is 0 Å². The van der Waals surface area contributed by atoms with Gasteiger partial charge in [0.15, 0.2) is 0 Å². The SMILES string of the molecule is CC(=O)N(OC(=O)Nc1ccccc1)C(=O)Nc1ccccc1. The average molecular weight is 313 g/mol. The molecule has 7 nitrogen and oxygen atoms in total. The summed E-state index contributed by atoms with van der Waals surface area (Å²) in [5.74, 6) is -0.735. The molecule has 0 spiro atoms. The number of imide groups is 1. The number of carbonyl (C=O) groups excluding carboxylic acids is 3. The van der Waals surface area contributed by atoms with Crippen LogP contribution in [0.3, 0.4) is 0 Å². The van der Waals surface area contributed by atoms with Crippen LogP contribution in [0, 0.1) is 0 Å². The van der Waals surface area contributed by atoms with Crippen LogP contribution in [0.15, 0.2) is 60.7 Å². The van der Waals surface area contributed by atoms with Crippen LogP contribution < -0.4 is 10.6 Å². The topological polar surface area (TPSA) is 87.7 Å². The number of hydrogen-bond acceptors (Lipinski definition) is 4. The third-order valence-corrected chi connectivity index (χ3v) is 2.69. The minimum absolute atomic E-state index is 0.352. The Hall–Kier alpha value is -3.35. The molecule has 0 atom stereocenters. The maximum atomic E-state index is 12.0. The van der Waals surface area contributed by atoms with Gasteiger partial charge in [0.05, 0.1) is 0 Å². The zero-order valence-electron chi connectivity index (χ0n) is 12.4. The predicted octanol–water partition coefficient (Wildman–Crippen LogP) is 3.23. The van der Waals surface area contributed by atoms with Crippen molar-refractivity contribution in [3.05, 3.63) is 60.7 Å². The molecular weight excluding hydrogens is 298 g/mol. The number of hydroxylamine groups is 2. The molecule has 2 aromatic carbocycles. The van der Waals surface area contributed by atoms with E-state index in [9.17, 15) is 14.4 Å². The molecule has 0 saturated heterocycles. The second kappa shape index (κ2) is 7.60. The summed E-state index contributed by atoms with van der Waals surface area (Å²) >= 11 is 0. The fourth-order valence-electron chi connectivity index (χ4n) is 1.69. The normalized spacial score (nSPS) is 9.61. The van der Waals surface area contributed by atoms with E-state index in [1.54, 1.807) is 60.7 Å². The van der Waals surface area contributed by atoms with Gasteiger partial charge in [-0.3, -0.25) is 10.1 Å². The Bertz CT molecular complexity index is 689. The third kappa shape index (κ3) is 4.85. The molecule has 0 heterocycles. The Morgan fingerprint density at radius 3 is 1.78 bits per heavy atom. The molecule has 0 saturated carbocycles.